The fourth-order valence-corrected chi connectivity index (χ4v) is 5.49. The van der Waals surface area contributed by atoms with Crippen LogP contribution in [0.1, 0.15) is 59.0 Å². The molecule has 0 saturated carbocycles. The molecule has 0 bridgehead atoms. The van der Waals surface area contributed by atoms with Crippen molar-refractivity contribution in [3.63, 3.8) is 0 Å². The molecule has 160 valence electrons. The van der Waals surface area contributed by atoms with Gasteiger partial charge in [0, 0.05) is 56.5 Å². The zero-order valence-electron chi connectivity index (χ0n) is 17.9. The lowest BCUT2D eigenvalue weighted by Crippen LogP contribution is -2.37. The average molecular weight is 425 g/mol. The Morgan fingerprint density at radius 2 is 1.80 bits per heavy atom. The van der Waals surface area contributed by atoms with Crippen LogP contribution in [-0.2, 0) is 24.2 Å². The van der Waals surface area contributed by atoms with E-state index < -0.39 is 0 Å². The molecule has 1 fully saturated rings. The summed E-state index contributed by atoms with van der Waals surface area (Å²) < 4.78 is 0. The maximum Gasteiger partial charge on any atom is 0.219 e. The van der Waals surface area contributed by atoms with Crippen molar-refractivity contribution in [1.82, 2.24) is 9.80 Å². The summed E-state index contributed by atoms with van der Waals surface area (Å²) in [5, 5.41) is 2.15. The number of fused-ring (bicyclic) bond motifs is 1. The second-order valence-corrected chi connectivity index (χ2v) is 9.78. The molecule has 4 rings (SSSR count). The van der Waals surface area contributed by atoms with Crippen molar-refractivity contribution in [2.45, 2.75) is 52.0 Å². The lowest BCUT2D eigenvalue weighted by atomic mass is 9.89. The first kappa shape index (κ1) is 21.3. The molecule has 1 amide bonds. The van der Waals surface area contributed by atoms with E-state index in [1.54, 1.807) is 6.92 Å². The van der Waals surface area contributed by atoms with Gasteiger partial charge < -0.3 is 4.90 Å². The fourth-order valence-electron chi connectivity index (χ4n) is 4.74. The summed E-state index contributed by atoms with van der Waals surface area (Å²) in [5.41, 5.74) is 3.63. The van der Waals surface area contributed by atoms with E-state index in [1.807, 2.05) is 22.3 Å². The maximum atomic E-state index is 12.8. The van der Waals surface area contributed by atoms with Crippen molar-refractivity contribution in [2.24, 2.45) is 5.92 Å². The van der Waals surface area contributed by atoms with E-state index >= 15 is 0 Å². The summed E-state index contributed by atoms with van der Waals surface area (Å²) in [6, 6.07) is 10.7. The zero-order valence-corrected chi connectivity index (χ0v) is 18.8. The number of carbonyl (C=O) groups is 2. The maximum absolute atomic E-state index is 12.8. The molecule has 0 atom stereocenters. The number of Topliss-reactive ketones (excluding diaryl/α,β-unsaturated/α-hetero) is 1. The molecule has 0 radical (unpaired) electrons. The molecule has 0 N–H and O–H groups in total. The van der Waals surface area contributed by atoms with Gasteiger partial charge in [-0.15, -0.1) is 11.3 Å². The lowest BCUT2D eigenvalue weighted by molar-refractivity contribution is -0.130. The van der Waals surface area contributed by atoms with Gasteiger partial charge in [-0.05, 0) is 66.7 Å². The van der Waals surface area contributed by atoms with E-state index in [-0.39, 0.29) is 11.7 Å². The Morgan fingerprint density at radius 1 is 1.03 bits per heavy atom. The molecule has 1 aromatic carbocycles. The standard InChI is InChI=1S/C25H32N2O2S/c1-19(28)27-14-8-20(9-15-27)4-7-25(29)23-6-5-21-10-12-26(13-11-22(21)17-23)18-24-3-2-16-30-24/h2-3,5-6,16-17,20H,4,7-15,18H2,1H3. The van der Waals surface area contributed by atoms with Gasteiger partial charge >= 0.3 is 0 Å². The van der Waals surface area contributed by atoms with Gasteiger partial charge in [0.15, 0.2) is 5.78 Å². The predicted molar refractivity (Wildman–Crippen MR) is 122 cm³/mol. The molecule has 2 aliphatic heterocycles. The van der Waals surface area contributed by atoms with Gasteiger partial charge in [0.05, 0.1) is 0 Å². The van der Waals surface area contributed by atoms with E-state index in [9.17, 15) is 9.59 Å². The monoisotopic (exact) mass is 424 g/mol. The van der Waals surface area contributed by atoms with Crippen LogP contribution in [0.25, 0.3) is 0 Å². The number of hydrogen-bond acceptors (Lipinski definition) is 4. The third-order valence-electron chi connectivity index (χ3n) is 6.72. The summed E-state index contributed by atoms with van der Waals surface area (Å²) in [7, 11) is 0. The minimum absolute atomic E-state index is 0.170. The normalized spacial score (nSPS) is 18.1. The lowest BCUT2D eigenvalue weighted by Gasteiger charge is -2.31. The van der Waals surface area contributed by atoms with Crippen LogP contribution >= 0.6 is 11.3 Å². The fraction of sp³-hybridized carbons (Fsp3) is 0.520. The van der Waals surface area contributed by atoms with Crippen LogP contribution in [0.4, 0.5) is 0 Å². The third-order valence-corrected chi connectivity index (χ3v) is 7.58. The van der Waals surface area contributed by atoms with Crippen molar-refractivity contribution in [3.8, 4) is 0 Å². The van der Waals surface area contributed by atoms with Crippen molar-refractivity contribution in [1.29, 1.82) is 0 Å². The smallest absolute Gasteiger partial charge is 0.219 e. The van der Waals surface area contributed by atoms with Gasteiger partial charge in [-0.25, -0.2) is 0 Å². The molecule has 2 aliphatic rings. The number of thiophene rings is 1. The van der Waals surface area contributed by atoms with Crippen molar-refractivity contribution >= 4 is 23.0 Å². The number of hydrogen-bond donors (Lipinski definition) is 0. The van der Waals surface area contributed by atoms with Crippen molar-refractivity contribution < 1.29 is 9.59 Å². The first-order valence-corrected chi connectivity index (χ1v) is 12.1. The van der Waals surface area contributed by atoms with Gasteiger partial charge in [0.2, 0.25) is 5.91 Å². The van der Waals surface area contributed by atoms with E-state index in [4.69, 9.17) is 0 Å². The number of nitrogens with zero attached hydrogens (tertiary/aromatic N) is 2. The summed E-state index contributed by atoms with van der Waals surface area (Å²) in [6.07, 6.45) is 5.69. The molecule has 4 nitrogen and oxygen atoms in total. The molecule has 0 unspecified atom stereocenters. The Hall–Kier alpha value is -1.98. The third kappa shape index (κ3) is 5.38. The molecule has 0 aliphatic carbocycles. The van der Waals surface area contributed by atoms with Crippen LogP contribution in [0.15, 0.2) is 35.7 Å². The highest BCUT2D eigenvalue weighted by Crippen LogP contribution is 2.25. The van der Waals surface area contributed by atoms with Crippen LogP contribution in [0.3, 0.4) is 0 Å². The number of likely N-dealkylation sites (tertiary alicyclic amines) is 1. The topological polar surface area (TPSA) is 40.6 Å². The predicted octanol–water partition coefficient (Wildman–Crippen LogP) is 4.57. The van der Waals surface area contributed by atoms with Crippen LogP contribution < -0.4 is 0 Å². The highest BCUT2D eigenvalue weighted by molar-refractivity contribution is 7.09. The minimum Gasteiger partial charge on any atom is -0.343 e. The first-order chi connectivity index (χ1) is 14.6. The number of amides is 1. The number of ketones is 1. The molecular formula is C25H32N2O2S. The van der Waals surface area contributed by atoms with Gasteiger partial charge in [-0.3, -0.25) is 14.5 Å². The number of carbonyl (C=O) groups excluding carboxylic acids is 2. The van der Waals surface area contributed by atoms with E-state index in [2.05, 4.69) is 34.5 Å². The van der Waals surface area contributed by atoms with Crippen molar-refractivity contribution in [3.05, 3.63) is 57.3 Å². The largest absolute Gasteiger partial charge is 0.343 e. The quantitative estimate of drug-likeness (QED) is 0.638. The zero-order chi connectivity index (χ0) is 20.9. The number of piperidine rings is 1. The van der Waals surface area contributed by atoms with Crippen LogP contribution in [0, 0.1) is 5.92 Å². The molecule has 30 heavy (non-hydrogen) atoms. The van der Waals surface area contributed by atoms with Crippen molar-refractivity contribution in [2.75, 3.05) is 26.2 Å². The number of rotatable bonds is 6. The Labute approximate surface area is 183 Å². The van der Waals surface area contributed by atoms with E-state index in [0.29, 0.717) is 12.3 Å². The van der Waals surface area contributed by atoms with E-state index in [1.165, 1.54) is 16.0 Å². The Balaban J connectivity index is 1.29. The van der Waals surface area contributed by atoms with Gasteiger partial charge in [0.1, 0.15) is 0 Å². The highest BCUT2D eigenvalue weighted by atomic mass is 32.1. The molecule has 5 heteroatoms. The highest BCUT2D eigenvalue weighted by Gasteiger charge is 2.22. The molecule has 3 heterocycles. The molecule has 2 aromatic rings. The summed E-state index contributed by atoms with van der Waals surface area (Å²) in [4.78, 5) is 30.2. The second kappa shape index (κ2) is 9.88. The molecule has 1 aromatic heterocycles. The SMILES string of the molecule is CC(=O)N1CCC(CCC(=O)c2ccc3c(c2)CCN(Cc2cccs2)CC3)CC1. The summed E-state index contributed by atoms with van der Waals surface area (Å²) >= 11 is 1.83. The van der Waals surface area contributed by atoms with E-state index in [0.717, 1.165) is 70.4 Å². The van der Waals surface area contributed by atoms with Crippen LogP contribution in [-0.4, -0.2) is 47.7 Å². The minimum atomic E-state index is 0.170. The molecule has 1 saturated heterocycles. The average Bonchev–Trinajstić information content (AvgIpc) is 3.19. The van der Waals surface area contributed by atoms with Crippen LogP contribution in [0.2, 0.25) is 0 Å². The summed E-state index contributed by atoms with van der Waals surface area (Å²) in [6.45, 7) is 6.49. The van der Waals surface area contributed by atoms with Gasteiger partial charge in [-0.1, -0.05) is 18.2 Å². The van der Waals surface area contributed by atoms with Gasteiger partial charge in [0.25, 0.3) is 0 Å². The summed E-state index contributed by atoms with van der Waals surface area (Å²) in [5.74, 6) is 1.01. The van der Waals surface area contributed by atoms with Crippen LogP contribution in [0.5, 0.6) is 0 Å². The Bertz CT molecular complexity index is 869. The Kier molecular flexibility index (Phi) is 7.00. The first-order valence-electron chi connectivity index (χ1n) is 11.2. The van der Waals surface area contributed by atoms with Gasteiger partial charge in [-0.2, -0.15) is 0 Å². The molecular weight excluding hydrogens is 392 g/mol. The Morgan fingerprint density at radius 3 is 2.50 bits per heavy atom. The number of benzene rings is 1. The second-order valence-electron chi connectivity index (χ2n) is 8.75. The molecule has 0 spiro atoms.